The minimum absolute atomic E-state index is 0.447. The first kappa shape index (κ1) is 13.1. The third-order valence-corrected chi connectivity index (χ3v) is 5.02. The number of nitrogens with zero attached hydrogens (tertiary/aromatic N) is 1. The molecule has 19 heavy (non-hydrogen) atoms. The van der Waals surface area contributed by atoms with E-state index in [2.05, 4.69) is 36.2 Å². The fraction of sp³-hybridized carbons (Fsp3) is 0.647. The standard InChI is InChI=1S/C17H26N2/c1-19-10-9-16(12-19)15-4-2-3-14(11-15)13-5-7-17(18)8-6-13/h2-4,11,13,16-17H,5-10,12,18H2,1H3. The molecule has 2 aliphatic rings. The smallest absolute Gasteiger partial charge is 0.00477 e. The number of hydrogen-bond donors (Lipinski definition) is 1. The van der Waals surface area contributed by atoms with Gasteiger partial charge in [0, 0.05) is 12.6 Å². The number of likely N-dealkylation sites (tertiary alicyclic amines) is 1. The fourth-order valence-electron chi connectivity index (χ4n) is 3.73. The van der Waals surface area contributed by atoms with E-state index in [1.165, 1.54) is 45.2 Å². The van der Waals surface area contributed by atoms with Crippen LogP contribution in [0.1, 0.15) is 55.1 Å². The Morgan fingerprint density at radius 1 is 1.00 bits per heavy atom. The van der Waals surface area contributed by atoms with Gasteiger partial charge >= 0.3 is 0 Å². The van der Waals surface area contributed by atoms with E-state index in [-0.39, 0.29) is 0 Å². The monoisotopic (exact) mass is 258 g/mol. The van der Waals surface area contributed by atoms with E-state index in [0.717, 1.165) is 11.8 Å². The number of rotatable bonds is 2. The van der Waals surface area contributed by atoms with Gasteiger partial charge in [0.2, 0.25) is 0 Å². The zero-order valence-electron chi connectivity index (χ0n) is 12.0. The Kier molecular flexibility index (Phi) is 3.90. The van der Waals surface area contributed by atoms with Crippen molar-refractivity contribution in [3.63, 3.8) is 0 Å². The minimum atomic E-state index is 0.447. The zero-order valence-corrected chi connectivity index (χ0v) is 12.0. The van der Waals surface area contributed by atoms with Gasteiger partial charge in [-0.15, -0.1) is 0 Å². The lowest BCUT2D eigenvalue weighted by atomic mass is 9.81. The first-order chi connectivity index (χ1) is 9.22. The summed E-state index contributed by atoms with van der Waals surface area (Å²) in [6, 6.07) is 9.83. The highest BCUT2D eigenvalue weighted by molar-refractivity contribution is 5.30. The molecule has 1 aliphatic heterocycles. The van der Waals surface area contributed by atoms with E-state index in [0.29, 0.717) is 6.04 Å². The SMILES string of the molecule is CN1CCC(c2cccc(C3CCC(N)CC3)c2)C1. The van der Waals surface area contributed by atoms with Gasteiger partial charge in [0.1, 0.15) is 0 Å². The van der Waals surface area contributed by atoms with Crippen LogP contribution in [0, 0.1) is 0 Å². The topological polar surface area (TPSA) is 29.3 Å². The summed E-state index contributed by atoms with van der Waals surface area (Å²) in [6.45, 7) is 2.46. The molecule has 1 aliphatic carbocycles. The number of nitrogens with two attached hydrogens (primary N) is 1. The first-order valence-electron chi connectivity index (χ1n) is 7.76. The highest BCUT2D eigenvalue weighted by Crippen LogP contribution is 2.34. The summed E-state index contributed by atoms with van der Waals surface area (Å²) in [5.41, 5.74) is 9.12. The van der Waals surface area contributed by atoms with Crippen LogP contribution in [0.15, 0.2) is 24.3 Å². The Hall–Kier alpha value is -0.860. The fourth-order valence-corrected chi connectivity index (χ4v) is 3.73. The van der Waals surface area contributed by atoms with Crippen molar-refractivity contribution in [2.45, 2.75) is 50.0 Å². The molecule has 2 heteroatoms. The van der Waals surface area contributed by atoms with Crippen LogP contribution in [0.2, 0.25) is 0 Å². The van der Waals surface area contributed by atoms with Crippen LogP contribution in [-0.2, 0) is 0 Å². The molecule has 2 N–H and O–H groups in total. The summed E-state index contributed by atoms with van der Waals surface area (Å²) in [6.07, 6.45) is 6.25. The van der Waals surface area contributed by atoms with Gasteiger partial charge in [-0.1, -0.05) is 24.3 Å². The molecule has 1 aromatic carbocycles. The summed E-state index contributed by atoms with van der Waals surface area (Å²) in [5, 5.41) is 0. The number of hydrogen-bond acceptors (Lipinski definition) is 2. The minimum Gasteiger partial charge on any atom is -0.328 e. The van der Waals surface area contributed by atoms with Crippen molar-refractivity contribution in [1.29, 1.82) is 0 Å². The van der Waals surface area contributed by atoms with Crippen molar-refractivity contribution in [3.8, 4) is 0 Å². The zero-order chi connectivity index (χ0) is 13.2. The third kappa shape index (κ3) is 3.01. The Labute approximate surface area is 117 Å². The van der Waals surface area contributed by atoms with E-state index in [4.69, 9.17) is 5.73 Å². The maximum atomic E-state index is 6.01. The van der Waals surface area contributed by atoms with Gasteiger partial charge in [0.05, 0.1) is 0 Å². The Morgan fingerprint density at radius 3 is 2.32 bits per heavy atom. The molecule has 1 saturated carbocycles. The van der Waals surface area contributed by atoms with Crippen LogP contribution in [0.4, 0.5) is 0 Å². The molecule has 3 rings (SSSR count). The van der Waals surface area contributed by atoms with Crippen molar-refractivity contribution in [2.75, 3.05) is 20.1 Å². The first-order valence-corrected chi connectivity index (χ1v) is 7.76. The molecule has 0 radical (unpaired) electrons. The highest BCUT2D eigenvalue weighted by Gasteiger charge is 2.23. The van der Waals surface area contributed by atoms with E-state index in [1.54, 1.807) is 11.1 Å². The van der Waals surface area contributed by atoms with Gasteiger partial charge in [-0.25, -0.2) is 0 Å². The van der Waals surface area contributed by atoms with Crippen LogP contribution in [-0.4, -0.2) is 31.1 Å². The van der Waals surface area contributed by atoms with Gasteiger partial charge in [-0.3, -0.25) is 0 Å². The van der Waals surface area contributed by atoms with E-state index < -0.39 is 0 Å². The highest BCUT2D eigenvalue weighted by atomic mass is 15.1. The second-order valence-corrected chi connectivity index (χ2v) is 6.53. The van der Waals surface area contributed by atoms with Crippen LogP contribution in [0.25, 0.3) is 0 Å². The molecule has 0 bridgehead atoms. The molecule has 0 amide bonds. The summed E-state index contributed by atoms with van der Waals surface area (Å²) < 4.78 is 0. The van der Waals surface area contributed by atoms with Crippen LogP contribution in [0.3, 0.4) is 0 Å². The van der Waals surface area contributed by atoms with Gasteiger partial charge in [0.25, 0.3) is 0 Å². The van der Waals surface area contributed by atoms with Crippen molar-refractivity contribution >= 4 is 0 Å². The summed E-state index contributed by atoms with van der Waals surface area (Å²) in [7, 11) is 2.23. The van der Waals surface area contributed by atoms with Crippen LogP contribution < -0.4 is 5.73 Å². The molecule has 1 unspecified atom stereocenters. The average Bonchev–Trinajstić information content (AvgIpc) is 2.86. The van der Waals surface area contributed by atoms with Crippen molar-refractivity contribution in [1.82, 2.24) is 4.90 Å². The van der Waals surface area contributed by atoms with Crippen molar-refractivity contribution < 1.29 is 0 Å². The van der Waals surface area contributed by atoms with Gasteiger partial charge in [-0.05, 0) is 68.7 Å². The van der Waals surface area contributed by atoms with E-state index in [1.807, 2.05) is 0 Å². The van der Waals surface area contributed by atoms with Gasteiger partial charge in [-0.2, -0.15) is 0 Å². The van der Waals surface area contributed by atoms with Crippen molar-refractivity contribution in [2.24, 2.45) is 5.73 Å². The average molecular weight is 258 g/mol. The maximum absolute atomic E-state index is 6.01. The van der Waals surface area contributed by atoms with Gasteiger partial charge < -0.3 is 10.6 Å². The normalized spacial score (nSPS) is 32.6. The second kappa shape index (κ2) is 5.64. The molecule has 1 heterocycles. The molecule has 1 saturated heterocycles. The molecule has 1 atom stereocenters. The largest absolute Gasteiger partial charge is 0.328 e. The lowest BCUT2D eigenvalue weighted by Crippen LogP contribution is -2.25. The maximum Gasteiger partial charge on any atom is 0.00477 e. The predicted octanol–water partition coefficient (Wildman–Crippen LogP) is 3.09. The van der Waals surface area contributed by atoms with Gasteiger partial charge in [0.15, 0.2) is 0 Å². The van der Waals surface area contributed by atoms with Crippen LogP contribution in [0.5, 0.6) is 0 Å². The second-order valence-electron chi connectivity index (χ2n) is 6.53. The predicted molar refractivity (Wildman–Crippen MR) is 80.5 cm³/mol. The molecule has 2 fully saturated rings. The van der Waals surface area contributed by atoms with E-state index >= 15 is 0 Å². The lowest BCUT2D eigenvalue weighted by molar-refractivity contribution is 0.395. The number of benzene rings is 1. The Balaban J connectivity index is 1.72. The quantitative estimate of drug-likeness (QED) is 0.883. The molecule has 1 aromatic rings. The summed E-state index contributed by atoms with van der Waals surface area (Å²) in [5.74, 6) is 1.50. The molecular formula is C17H26N2. The van der Waals surface area contributed by atoms with Crippen LogP contribution >= 0.6 is 0 Å². The number of likely N-dealkylation sites (N-methyl/N-ethyl adjacent to an activating group) is 1. The van der Waals surface area contributed by atoms with Crippen molar-refractivity contribution in [3.05, 3.63) is 35.4 Å². The molecule has 0 aromatic heterocycles. The lowest BCUT2D eigenvalue weighted by Gasteiger charge is -2.27. The third-order valence-electron chi connectivity index (χ3n) is 5.02. The van der Waals surface area contributed by atoms with E-state index in [9.17, 15) is 0 Å². The summed E-state index contributed by atoms with van der Waals surface area (Å²) >= 11 is 0. The Bertz CT molecular complexity index is 421. The molecule has 2 nitrogen and oxygen atoms in total. The molecule has 0 spiro atoms. The molecular weight excluding hydrogens is 232 g/mol. The Morgan fingerprint density at radius 2 is 1.68 bits per heavy atom. The summed E-state index contributed by atoms with van der Waals surface area (Å²) in [4.78, 5) is 2.44. The molecule has 104 valence electrons.